The van der Waals surface area contributed by atoms with Crippen molar-refractivity contribution in [3.8, 4) is 0 Å². The zero-order valence-electron chi connectivity index (χ0n) is 14.2. The van der Waals surface area contributed by atoms with Crippen LogP contribution in [0.1, 0.15) is 50.3 Å². The summed E-state index contributed by atoms with van der Waals surface area (Å²) in [5.41, 5.74) is 3.12. The lowest BCUT2D eigenvalue weighted by Crippen LogP contribution is -2.48. The highest BCUT2D eigenvalue weighted by Gasteiger charge is 2.37. The van der Waals surface area contributed by atoms with Gasteiger partial charge in [-0.15, -0.1) is 0 Å². The molecule has 0 bridgehead atoms. The van der Waals surface area contributed by atoms with Crippen molar-refractivity contribution in [2.45, 2.75) is 58.0 Å². The molecule has 3 rings (SSSR count). The molecule has 23 heavy (non-hydrogen) atoms. The van der Waals surface area contributed by atoms with Gasteiger partial charge >= 0.3 is 0 Å². The minimum absolute atomic E-state index is 0.0789. The molecule has 0 saturated carbocycles. The average Bonchev–Trinajstić information content (AvgIpc) is 2.51. The number of nitrogens with one attached hydrogen (secondary N) is 1. The molecule has 0 radical (unpaired) electrons. The lowest BCUT2D eigenvalue weighted by molar-refractivity contribution is 0.0685. The van der Waals surface area contributed by atoms with E-state index in [9.17, 15) is 8.78 Å². The van der Waals surface area contributed by atoms with Crippen LogP contribution in [0.5, 0.6) is 0 Å². The molecule has 4 heteroatoms. The molecule has 0 spiro atoms. The van der Waals surface area contributed by atoms with Crippen LogP contribution in [0, 0.1) is 5.41 Å². The van der Waals surface area contributed by atoms with Crippen LogP contribution in [-0.2, 0) is 6.42 Å². The summed E-state index contributed by atoms with van der Waals surface area (Å²) in [6, 6.07) is 9.53. The molecule has 1 aromatic carbocycles. The first kappa shape index (κ1) is 16.8. The number of likely N-dealkylation sites (tertiary alicyclic amines) is 1. The number of benzene rings is 1. The molecule has 1 fully saturated rings. The number of piperidine rings is 1. The molecule has 1 atom stereocenters. The second-order valence-electron chi connectivity index (χ2n) is 7.75. The van der Waals surface area contributed by atoms with Crippen molar-refractivity contribution in [1.82, 2.24) is 10.2 Å². The van der Waals surface area contributed by atoms with Gasteiger partial charge in [0.05, 0.1) is 6.54 Å². The Labute approximate surface area is 138 Å². The fraction of sp³-hybridized carbons (Fsp3) is 0.684. The van der Waals surface area contributed by atoms with Gasteiger partial charge in [0.2, 0.25) is 0 Å². The largest absolute Gasteiger partial charge is 0.307 e. The summed E-state index contributed by atoms with van der Waals surface area (Å²) in [7, 11) is 0. The smallest absolute Gasteiger partial charge is 0.251 e. The van der Waals surface area contributed by atoms with Gasteiger partial charge in [0.15, 0.2) is 0 Å². The number of halogens is 2. The van der Waals surface area contributed by atoms with E-state index >= 15 is 0 Å². The van der Waals surface area contributed by atoms with Crippen molar-refractivity contribution in [3.63, 3.8) is 0 Å². The van der Waals surface area contributed by atoms with Gasteiger partial charge in [0.25, 0.3) is 6.43 Å². The van der Waals surface area contributed by atoms with Crippen molar-refractivity contribution < 1.29 is 8.78 Å². The quantitative estimate of drug-likeness (QED) is 0.901. The van der Waals surface area contributed by atoms with Crippen molar-refractivity contribution in [2.75, 3.05) is 19.6 Å². The molecular weight excluding hydrogens is 294 g/mol. The third-order valence-electron chi connectivity index (χ3n) is 5.57. The Morgan fingerprint density at radius 2 is 1.91 bits per heavy atom. The molecule has 1 N–H and O–H groups in total. The summed E-state index contributed by atoms with van der Waals surface area (Å²) < 4.78 is 25.0. The van der Waals surface area contributed by atoms with Crippen molar-refractivity contribution in [2.24, 2.45) is 5.41 Å². The minimum atomic E-state index is -2.22. The number of alkyl halides is 2. The monoisotopic (exact) mass is 322 g/mol. The van der Waals surface area contributed by atoms with Crippen molar-refractivity contribution in [3.05, 3.63) is 35.4 Å². The maximum absolute atomic E-state index is 12.5. The van der Waals surface area contributed by atoms with Crippen LogP contribution in [0.25, 0.3) is 0 Å². The molecule has 1 aromatic rings. The summed E-state index contributed by atoms with van der Waals surface area (Å²) >= 11 is 0. The zero-order valence-corrected chi connectivity index (χ0v) is 14.2. The zero-order chi connectivity index (χ0) is 16.4. The predicted octanol–water partition coefficient (Wildman–Crippen LogP) is 4.02. The molecule has 1 heterocycles. The highest BCUT2D eigenvalue weighted by molar-refractivity contribution is 5.34. The number of aryl methyl sites for hydroxylation is 1. The second-order valence-corrected chi connectivity index (χ2v) is 7.75. The van der Waals surface area contributed by atoms with Crippen LogP contribution in [0.4, 0.5) is 8.78 Å². The molecule has 1 aliphatic carbocycles. The Hall–Kier alpha value is -1.00. The fourth-order valence-corrected chi connectivity index (χ4v) is 4.09. The maximum Gasteiger partial charge on any atom is 0.251 e. The Bertz CT molecular complexity index is 522. The van der Waals surface area contributed by atoms with Crippen LogP contribution in [-0.4, -0.2) is 37.0 Å². The molecule has 0 unspecified atom stereocenters. The first-order chi connectivity index (χ1) is 11.0. The normalized spacial score (nSPS) is 25.5. The van der Waals surface area contributed by atoms with E-state index in [1.807, 2.05) is 4.90 Å². The van der Waals surface area contributed by atoms with Gasteiger partial charge in [0, 0.05) is 12.1 Å². The Morgan fingerprint density at radius 1 is 1.22 bits per heavy atom. The number of hydrogen-bond acceptors (Lipinski definition) is 2. The van der Waals surface area contributed by atoms with Crippen molar-refractivity contribution in [1.29, 1.82) is 0 Å². The number of nitrogens with zero attached hydrogens (tertiary/aromatic N) is 1. The number of rotatable bonds is 4. The van der Waals surface area contributed by atoms with E-state index in [0.717, 1.165) is 32.4 Å². The molecule has 1 saturated heterocycles. The first-order valence-corrected chi connectivity index (χ1v) is 8.80. The lowest BCUT2D eigenvalue weighted by atomic mass is 9.70. The highest BCUT2D eigenvalue weighted by atomic mass is 19.3. The molecule has 128 valence electrons. The van der Waals surface area contributed by atoms with Gasteiger partial charge in [-0.05, 0) is 55.3 Å². The Morgan fingerprint density at radius 3 is 2.61 bits per heavy atom. The van der Waals surface area contributed by atoms with Gasteiger partial charge in [-0.3, -0.25) is 4.90 Å². The molecular formula is C19H28F2N2. The first-order valence-electron chi connectivity index (χ1n) is 8.80. The minimum Gasteiger partial charge on any atom is -0.307 e. The van der Waals surface area contributed by atoms with Gasteiger partial charge in [-0.25, -0.2) is 8.78 Å². The van der Waals surface area contributed by atoms with Gasteiger partial charge in [0.1, 0.15) is 0 Å². The third-order valence-corrected chi connectivity index (χ3v) is 5.57. The molecule has 2 nitrogen and oxygen atoms in total. The van der Waals surface area contributed by atoms with E-state index in [-0.39, 0.29) is 12.0 Å². The molecule has 0 amide bonds. The van der Waals surface area contributed by atoms with Crippen LogP contribution < -0.4 is 5.32 Å². The maximum atomic E-state index is 12.5. The summed E-state index contributed by atoms with van der Waals surface area (Å²) in [6.07, 6.45) is 2.03. The second kappa shape index (κ2) is 6.86. The summed E-state index contributed by atoms with van der Waals surface area (Å²) in [5.74, 6) is 0. The summed E-state index contributed by atoms with van der Waals surface area (Å²) in [5, 5.41) is 3.86. The summed E-state index contributed by atoms with van der Waals surface area (Å²) in [6.45, 7) is 6.15. The lowest BCUT2D eigenvalue weighted by Gasteiger charge is -2.44. The fourth-order valence-electron chi connectivity index (χ4n) is 4.09. The van der Waals surface area contributed by atoms with Crippen LogP contribution in [0.3, 0.4) is 0 Å². The van der Waals surface area contributed by atoms with Gasteiger partial charge in [-0.2, -0.15) is 0 Å². The SMILES string of the molecule is CC1(C)CCc2ccccc2[C@H]1NC1CCN(CC(F)F)CC1. The number of fused-ring (bicyclic) bond motifs is 1. The topological polar surface area (TPSA) is 15.3 Å². The van der Waals surface area contributed by atoms with Crippen LogP contribution in [0.2, 0.25) is 0 Å². The Balaban J connectivity index is 1.65. The van der Waals surface area contributed by atoms with Gasteiger partial charge < -0.3 is 5.32 Å². The standard InChI is InChI=1S/C19H28F2N2/c1-19(2)10-7-14-5-3-4-6-16(14)18(19)22-15-8-11-23(12-9-15)13-17(20)21/h3-6,15,17-18,22H,7-13H2,1-2H3/t18-/m1/s1. The van der Waals surface area contributed by atoms with E-state index in [4.69, 9.17) is 0 Å². The van der Waals surface area contributed by atoms with E-state index < -0.39 is 6.43 Å². The van der Waals surface area contributed by atoms with E-state index in [1.165, 1.54) is 17.5 Å². The van der Waals surface area contributed by atoms with E-state index in [2.05, 4.69) is 43.4 Å². The predicted molar refractivity (Wildman–Crippen MR) is 89.9 cm³/mol. The molecule has 2 aliphatic rings. The molecule has 1 aliphatic heterocycles. The Kier molecular flexibility index (Phi) is 5.02. The highest BCUT2D eigenvalue weighted by Crippen LogP contribution is 2.43. The van der Waals surface area contributed by atoms with Crippen LogP contribution in [0.15, 0.2) is 24.3 Å². The van der Waals surface area contributed by atoms with Gasteiger partial charge in [-0.1, -0.05) is 38.1 Å². The van der Waals surface area contributed by atoms with E-state index in [0.29, 0.717) is 12.1 Å². The number of hydrogen-bond donors (Lipinski definition) is 1. The summed E-state index contributed by atoms with van der Waals surface area (Å²) in [4.78, 5) is 1.89. The molecule has 0 aromatic heterocycles. The average molecular weight is 322 g/mol. The van der Waals surface area contributed by atoms with E-state index in [1.54, 1.807) is 0 Å². The van der Waals surface area contributed by atoms with Crippen LogP contribution >= 0.6 is 0 Å². The third kappa shape index (κ3) is 3.92. The van der Waals surface area contributed by atoms with Crippen molar-refractivity contribution >= 4 is 0 Å².